The third-order valence-corrected chi connectivity index (χ3v) is 3.46. The third-order valence-electron chi connectivity index (χ3n) is 3.46. The van der Waals surface area contributed by atoms with Crippen molar-refractivity contribution in [1.82, 2.24) is 0 Å². The molecule has 0 bridgehead atoms. The van der Waals surface area contributed by atoms with Crippen molar-refractivity contribution >= 4 is 6.29 Å². The first kappa shape index (κ1) is 9.50. The van der Waals surface area contributed by atoms with Crippen LogP contribution in [0.4, 0.5) is 0 Å². The van der Waals surface area contributed by atoms with E-state index in [1.54, 1.807) is 0 Å². The molecule has 1 nitrogen and oxygen atoms in total. The number of rotatable bonds is 1. The molecule has 0 fully saturated rings. The fraction of sp³-hybridized carbons (Fsp3) is 0.727. The van der Waals surface area contributed by atoms with Gasteiger partial charge in [0.15, 0.2) is 0 Å². The van der Waals surface area contributed by atoms with Crippen LogP contribution in [0.3, 0.4) is 0 Å². The zero-order chi connectivity index (χ0) is 9.35. The first-order valence-electron chi connectivity index (χ1n) is 4.64. The Morgan fingerprint density at radius 2 is 2.17 bits per heavy atom. The van der Waals surface area contributed by atoms with Crippen molar-refractivity contribution < 1.29 is 4.79 Å². The maximum Gasteiger partial charge on any atom is 0.126 e. The average molecular weight is 166 g/mol. The third kappa shape index (κ3) is 1.33. The molecule has 1 heteroatoms. The van der Waals surface area contributed by atoms with Crippen LogP contribution in [0.2, 0.25) is 0 Å². The fourth-order valence-electron chi connectivity index (χ4n) is 2.05. The lowest BCUT2D eigenvalue weighted by Gasteiger charge is -2.38. The number of hydrogen-bond acceptors (Lipinski definition) is 1. The number of carbonyl (C=O) groups is 1. The van der Waals surface area contributed by atoms with E-state index >= 15 is 0 Å². The zero-order valence-corrected chi connectivity index (χ0v) is 8.42. The minimum atomic E-state index is -0.139. The van der Waals surface area contributed by atoms with E-state index in [0.717, 1.165) is 12.7 Å². The summed E-state index contributed by atoms with van der Waals surface area (Å²) in [5.41, 5.74) is 1.29. The molecule has 0 spiro atoms. The van der Waals surface area contributed by atoms with Crippen molar-refractivity contribution in [3.8, 4) is 0 Å². The Balaban J connectivity index is 2.97. The zero-order valence-electron chi connectivity index (χ0n) is 8.42. The number of hydrogen-bond donors (Lipinski definition) is 0. The fourth-order valence-corrected chi connectivity index (χ4v) is 2.05. The highest BCUT2D eigenvalue weighted by Gasteiger charge is 2.38. The molecule has 0 saturated heterocycles. The van der Waals surface area contributed by atoms with Crippen LogP contribution in [0, 0.1) is 17.3 Å². The Hall–Kier alpha value is -0.590. The van der Waals surface area contributed by atoms with E-state index in [4.69, 9.17) is 0 Å². The molecular weight excluding hydrogens is 148 g/mol. The largest absolute Gasteiger partial charge is 0.303 e. The summed E-state index contributed by atoms with van der Waals surface area (Å²) in [5, 5.41) is 0. The van der Waals surface area contributed by atoms with Gasteiger partial charge in [-0.3, -0.25) is 0 Å². The Morgan fingerprint density at radius 1 is 1.58 bits per heavy atom. The standard InChI is InChI=1S/C11H18O/c1-8-5-9(2)11(4,7-12)10(3)6-8/h5,7,9-10H,6H2,1-4H3. The summed E-state index contributed by atoms with van der Waals surface area (Å²) in [6, 6.07) is 0. The molecule has 68 valence electrons. The highest BCUT2D eigenvalue weighted by Crippen LogP contribution is 2.42. The molecule has 0 aromatic heterocycles. The quantitative estimate of drug-likeness (QED) is 0.432. The molecule has 0 aliphatic heterocycles. The van der Waals surface area contributed by atoms with Crippen molar-refractivity contribution in [2.75, 3.05) is 0 Å². The van der Waals surface area contributed by atoms with Gasteiger partial charge in [-0.2, -0.15) is 0 Å². The minimum absolute atomic E-state index is 0.139. The molecule has 0 saturated carbocycles. The summed E-state index contributed by atoms with van der Waals surface area (Å²) in [4.78, 5) is 11.0. The molecule has 0 N–H and O–H groups in total. The molecule has 3 atom stereocenters. The number of aldehydes is 1. The van der Waals surface area contributed by atoms with Gasteiger partial charge in [-0.25, -0.2) is 0 Å². The lowest BCUT2D eigenvalue weighted by atomic mass is 9.64. The van der Waals surface area contributed by atoms with Crippen molar-refractivity contribution in [3.63, 3.8) is 0 Å². The van der Waals surface area contributed by atoms with E-state index < -0.39 is 0 Å². The highest BCUT2D eigenvalue weighted by molar-refractivity contribution is 5.61. The maximum atomic E-state index is 11.0. The van der Waals surface area contributed by atoms with E-state index in [-0.39, 0.29) is 5.41 Å². The van der Waals surface area contributed by atoms with E-state index in [2.05, 4.69) is 33.8 Å². The van der Waals surface area contributed by atoms with Gasteiger partial charge in [-0.1, -0.05) is 32.4 Å². The molecule has 0 amide bonds. The molecule has 0 aromatic rings. The Labute approximate surface area is 74.9 Å². The van der Waals surface area contributed by atoms with E-state index in [1.165, 1.54) is 5.57 Å². The predicted octanol–water partition coefficient (Wildman–Crippen LogP) is 2.81. The average Bonchev–Trinajstić information content (AvgIpc) is 2.00. The predicted molar refractivity (Wildman–Crippen MR) is 50.9 cm³/mol. The van der Waals surface area contributed by atoms with Gasteiger partial charge in [0.05, 0.1) is 0 Å². The van der Waals surface area contributed by atoms with Crippen LogP contribution in [-0.2, 0) is 4.79 Å². The van der Waals surface area contributed by atoms with Crippen LogP contribution in [-0.4, -0.2) is 6.29 Å². The first-order chi connectivity index (χ1) is 5.50. The molecular formula is C11H18O. The Morgan fingerprint density at radius 3 is 2.58 bits per heavy atom. The number of allylic oxidation sites excluding steroid dienone is 2. The Kier molecular flexibility index (Phi) is 2.41. The summed E-state index contributed by atoms with van der Waals surface area (Å²) in [5.74, 6) is 0.869. The normalized spacial score (nSPS) is 42.2. The maximum absolute atomic E-state index is 11.0. The summed E-state index contributed by atoms with van der Waals surface area (Å²) in [6.45, 7) is 8.52. The summed E-state index contributed by atoms with van der Waals surface area (Å²) >= 11 is 0. The summed E-state index contributed by atoms with van der Waals surface area (Å²) < 4.78 is 0. The second kappa shape index (κ2) is 3.04. The van der Waals surface area contributed by atoms with Crippen molar-refractivity contribution in [2.45, 2.75) is 34.1 Å². The van der Waals surface area contributed by atoms with Crippen LogP contribution >= 0.6 is 0 Å². The van der Waals surface area contributed by atoms with E-state index in [9.17, 15) is 4.79 Å². The van der Waals surface area contributed by atoms with Gasteiger partial charge in [0.2, 0.25) is 0 Å². The summed E-state index contributed by atoms with van der Waals surface area (Å²) in [7, 11) is 0. The van der Waals surface area contributed by atoms with Crippen LogP contribution < -0.4 is 0 Å². The van der Waals surface area contributed by atoms with Crippen LogP contribution in [0.1, 0.15) is 34.1 Å². The van der Waals surface area contributed by atoms with Gasteiger partial charge in [-0.15, -0.1) is 0 Å². The van der Waals surface area contributed by atoms with Crippen molar-refractivity contribution in [3.05, 3.63) is 11.6 Å². The first-order valence-corrected chi connectivity index (χ1v) is 4.64. The van der Waals surface area contributed by atoms with Gasteiger partial charge in [0, 0.05) is 5.41 Å². The topological polar surface area (TPSA) is 17.1 Å². The van der Waals surface area contributed by atoms with Gasteiger partial charge in [0.1, 0.15) is 6.29 Å². The summed E-state index contributed by atoms with van der Waals surface area (Å²) in [6.07, 6.45) is 4.43. The molecule has 0 radical (unpaired) electrons. The van der Waals surface area contributed by atoms with Gasteiger partial charge < -0.3 is 4.79 Å². The molecule has 0 aromatic carbocycles. The second-order valence-electron chi connectivity index (χ2n) is 4.39. The Bertz CT molecular complexity index is 217. The molecule has 12 heavy (non-hydrogen) atoms. The van der Waals surface area contributed by atoms with Crippen molar-refractivity contribution in [1.29, 1.82) is 0 Å². The second-order valence-corrected chi connectivity index (χ2v) is 4.39. The molecule has 1 aliphatic carbocycles. The lowest BCUT2D eigenvalue weighted by molar-refractivity contribution is -0.120. The van der Waals surface area contributed by atoms with E-state index in [0.29, 0.717) is 11.8 Å². The van der Waals surface area contributed by atoms with Gasteiger partial charge in [0.25, 0.3) is 0 Å². The minimum Gasteiger partial charge on any atom is -0.303 e. The molecule has 1 aliphatic rings. The SMILES string of the molecule is CC1=CC(C)C(C)(C=O)C(C)C1. The van der Waals surface area contributed by atoms with Gasteiger partial charge in [-0.05, 0) is 25.2 Å². The molecule has 1 rings (SSSR count). The monoisotopic (exact) mass is 166 g/mol. The van der Waals surface area contributed by atoms with Gasteiger partial charge >= 0.3 is 0 Å². The molecule has 0 heterocycles. The van der Waals surface area contributed by atoms with Crippen molar-refractivity contribution in [2.24, 2.45) is 17.3 Å². The lowest BCUT2D eigenvalue weighted by Crippen LogP contribution is -2.36. The molecule has 3 unspecified atom stereocenters. The number of carbonyl (C=O) groups excluding carboxylic acids is 1. The van der Waals surface area contributed by atoms with Crippen LogP contribution in [0.25, 0.3) is 0 Å². The van der Waals surface area contributed by atoms with Crippen LogP contribution in [0.5, 0.6) is 0 Å². The van der Waals surface area contributed by atoms with Crippen LogP contribution in [0.15, 0.2) is 11.6 Å². The highest BCUT2D eigenvalue weighted by atomic mass is 16.1. The van der Waals surface area contributed by atoms with E-state index in [1.807, 2.05) is 0 Å². The smallest absolute Gasteiger partial charge is 0.126 e.